The number of nitrogens with one attached hydrogen (secondary N) is 1. The lowest BCUT2D eigenvalue weighted by Gasteiger charge is -2.18. The van der Waals surface area contributed by atoms with Crippen LogP contribution >= 0.6 is 23.2 Å². The van der Waals surface area contributed by atoms with Gasteiger partial charge in [-0.3, -0.25) is 4.79 Å². The maximum Gasteiger partial charge on any atom is 0.265 e. The Morgan fingerprint density at radius 3 is 2.36 bits per heavy atom. The molecule has 22 heavy (non-hydrogen) atoms. The van der Waals surface area contributed by atoms with Gasteiger partial charge in [0.1, 0.15) is 5.75 Å². The fourth-order valence-electron chi connectivity index (χ4n) is 1.98. The predicted octanol–water partition coefficient (Wildman–Crippen LogP) is 5.10. The molecule has 0 aliphatic carbocycles. The van der Waals surface area contributed by atoms with Crippen LogP contribution in [0.2, 0.25) is 10.0 Å². The Morgan fingerprint density at radius 2 is 1.77 bits per heavy atom. The summed E-state index contributed by atoms with van der Waals surface area (Å²) in [6, 6.07) is 12.3. The molecule has 2 aromatic carbocycles. The summed E-state index contributed by atoms with van der Waals surface area (Å²) in [7, 11) is 0. The first-order chi connectivity index (χ1) is 10.5. The van der Waals surface area contributed by atoms with Crippen molar-refractivity contribution in [1.29, 1.82) is 0 Å². The maximum absolute atomic E-state index is 12.4. The van der Waals surface area contributed by atoms with Crippen LogP contribution in [0.5, 0.6) is 5.75 Å². The van der Waals surface area contributed by atoms with Gasteiger partial charge in [0.05, 0.1) is 0 Å². The number of rotatable bonds is 5. The Bertz CT molecular complexity index is 656. The molecule has 0 saturated heterocycles. The van der Waals surface area contributed by atoms with Crippen molar-refractivity contribution < 1.29 is 9.53 Å². The minimum atomic E-state index is -0.573. The average Bonchev–Trinajstić information content (AvgIpc) is 2.49. The molecule has 1 atom stereocenters. The second-order valence-electron chi connectivity index (χ2n) is 4.92. The first kappa shape index (κ1) is 16.7. The second-order valence-corrected chi connectivity index (χ2v) is 5.79. The van der Waals surface area contributed by atoms with Gasteiger partial charge < -0.3 is 10.1 Å². The highest BCUT2D eigenvalue weighted by molar-refractivity contribution is 6.31. The monoisotopic (exact) mass is 337 g/mol. The Balaban J connectivity index is 2.06. The molecule has 0 aliphatic heterocycles. The number of amides is 1. The second kappa shape index (κ2) is 7.52. The van der Waals surface area contributed by atoms with E-state index in [0.29, 0.717) is 22.2 Å². The summed E-state index contributed by atoms with van der Waals surface area (Å²) >= 11 is 11.8. The Kier molecular flexibility index (Phi) is 5.69. The van der Waals surface area contributed by atoms with Gasteiger partial charge in [-0.1, -0.05) is 30.1 Å². The number of aryl methyl sites for hydroxylation is 1. The van der Waals surface area contributed by atoms with Crippen molar-refractivity contribution in [3.8, 4) is 5.75 Å². The molecule has 116 valence electrons. The summed E-state index contributed by atoms with van der Waals surface area (Å²) in [5.41, 5.74) is 1.63. The van der Waals surface area contributed by atoms with Crippen LogP contribution in [0.1, 0.15) is 18.9 Å². The number of carbonyl (C=O) groups is 1. The molecule has 0 unspecified atom stereocenters. The Hall–Kier alpha value is -1.71. The van der Waals surface area contributed by atoms with E-state index in [1.165, 1.54) is 0 Å². The first-order valence-corrected chi connectivity index (χ1v) is 7.74. The summed E-state index contributed by atoms with van der Waals surface area (Å²) in [6.07, 6.45) is -0.0163. The van der Waals surface area contributed by atoms with Crippen molar-refractivity contribution in [3.05, 3.63) is 58.1 Å². The fourth-order valence-corrected chi connectivity index (χ4v) is 2.33. The smallest absolute Gasteiger partial charge is 0.265 e. The highest BCUT2D eigenvalue weighted by Crippen LogP contribution is 2.21. The van der Waals surface area contributed by atoms with Crippen LogP contribution < -0.4 is 10.1 Å². The van der Waals surface area contributed by atoms with Crippen LogP contribution in [-0.4, -0.2) is 12.0 Å². The molecule has 0 spiro atoms. The largest absolute Gasteiger partial charge is 0.481 e. The minimum Gasteiger partial charge on any atom is -0.481 e. The summed E-state index contributed by atoms with van der Waals surface area (Å²) < 4.78 is 5.72. The molecule has 0 radical (unpaired) electrons. The summed E-state index contributed by atoms with van der Waals surface area (Å²) in [4.78, 5) is 12.4. The van der Waals surface area contributed by atoms with Crippen molar-refractivity contribution >= 4 is 34.8 Å². The summed E-state index contributed by atoms with van der Waals surface area (Å²) in [5, 5.41) is 4.14. The molecule has 2 rings (SSSR count). The lowest BCUT2D eigenvalue weighted by molar-refractivity contribution is -0.122. The zero-order valence-corrected chi connectivity index (χ0v) is 13.9. The van der Waals surface area contributed by atoms with Crippen LogP contribution in [0.25, 0.3) is 0 Å². The molecule has 0 bridgehead atoms. The van der Waals surface area contributed by atoms with E-state index in [2.05, 4.69) is 5.32 Å². The van der Waals surface area contributed by atoms with Crippen LogP contribution in [0.15, 0.2) is 42.5 Å². The van der Waals surface area contributed by atoms with Gasteiger partial charge >= 0.3 is 0 Å². The highest BCUT2D eigenvalue weighted by atomic mass is 35.5. The third kappa shape index (κ3) is 4.39. The van der Waals surface area contributed by atoms with Crippen molar-refractivity contribution in [2.24, 2.45) is 0 Å². The SMILES string of the molecule is CC[C@H](Oc1ccc(Cl)cc1)C(=O)Nc1ccc(Cl)cc1C. The summed E-state index contributed by atoms with van der Waals surface area (Å²) in [6.45, 7) is 3.79. The minimum absolute atomic E-state index is 0.192. The molecule has 0 aromatic heterocycles. The number of halogens is 2. The van der Waals surface area contributed by atoms with E-state index in [4.69, 9.17) is 27.9 Å². The average molecular weight is 338 g/mol. The number of carbonyl (C=O) groups excluding carboxylic acids is 1. The van der Waals surface area contributed by atoms with Crippen LogP contribution in [0.4, 0.5) is 5.69 Å². The third-order valence-corrected chi connectivity index (χ3v) is 3.69. The van der Waals surface area contributed by atoms with E-state index in [1.807, 2.05) is 13.8 Å². The number of benzene rings is 2. The van der Waals surface area contributed by atoms with Crippen molar-refractivity contribution in [2.45, 2.75) is 26.4 Å². The molecule has 0 heterocycles. The van der Waals surface area contributed by atoms with Gasteiger partial charge in [-0.05, 0) is 61.4 Å². The van der Waals surface area contributed by atoms with E-state index in [9.17, 15) is 4.79 Å². The van der Waals surface area contributed by atoms with Gasteiger partial charge in [0, 0.05) is 15.7 Å². The zero-order chi connectivity index (χ0) is 16.1. The lowest BCUT2D eigenvalue weighted by Crippen LogP contribution is -2.32. The quantitative estimate of drug-likeness (QED) is 0.824. The standard InChI is InChI=1S/C17H17Cl2NO2/c1-3-16(22-14-7-4-12(18)5-8-14)17(21)20-15-9-6-13(19)10-11(15)2/h4-10,16H,3H2,1-2H3,(H,20,21)/t16-/m0/s1. The predicted molar refractivity (Wildman–Crippen MR) is 91.0 cm³/mol. The van der Waals surface area contributed by atoms with Crippen LogP contribution in [-0.2, 0) is 4.79 Å². The molecule has 5 heteroatoms. The Morgan fingerprint density at radius 1 is 1.14 bits per heavy atom. The summed E-state index contributed by atoms with van der Waals surface area (Å²) in [5.74, 6) is 0.419. The topological polar surface area (TPSA) is 38.3 Å². The third-order valence-electron chi connectivity index (χ3n) is 3.20. The van der Waals surface area contributed by atoms with Gasteiger partial charge in [0.25, 0.3) is 5.91 Å². The van der Waals surface area contributed by atoms with Gasteiger partial charge in [-0.25, -0.2) is 0 Å². The number of ether oxygens (including phenoxy) is 1. The van der Waals surface area contributed by atoms with Crippen molar-refractivity contribution in [1.82, 2.24) is 0 Å². The number of hydrogen-bond acceptors (Lipinski definition) is 2. The van der Waals surface area contributed by atoms with E-state index in [0.717, 1.165) is 11.3 Å². The molecule has 1 N–H and O–H groups in total. The van der Waals surface area contributed by atoms with Gasteiger partial charge in [-0.2, -0.15) is 0 Å². The van der Waals surface area contributed by atoms with Crippen LogP contribution in [0.3, 0.4) is 0 Å². The molecular formula is C17H17Cl2NO2. The van der Waals surface area contributed by atoms with Gasteiger partial charge in [0.15, 0.2) is 6.10 Å². The number of anilines is 1. The lowest BCUT2D eigenvalue weighted by atomic mass is 10.2. The Labute approximate surface area is 140 Å². The molecule has 1 amide bonds. The number of hydrogen-bond donors (Lipinski definition) is 1. The van der Waals surface area contributed by atoms with Gasteiger partial charge in [0.2, 0.25) is 0 Å². The first-order valence-electron chi connectivity index (χ1n) is 6.99. The molecule has 0 aliphatic rings. The van der Waals surface area contributed by atoms with E-state index >= 15 is 0 Å². The maximum atomic E-state index is 12.4. The van der Waals surface area contributed by atoms with E-state index < -0.39 is 6.10 Å². The highest BCUT2D eigenvalue weighted by Gasteiger charge is 2.19. The zero-order valence-electron chi connectivity index (χ0n) is 12.4. The fraction of sp³-hybridized carbons (Fsp3) is 0.235. The normalized spacial score (nSPS) is 11.8. The van der Waals surface area contributed by atoms with E-state index in [1.54, 1.807) is 42.5 Å². The molecule has 0 saturated carbocycles. The van der Waals surface area contributed by atoms with Crippen LogP contribution in [0, 0.1) is 6.92 Å². The molecular weight excluding hydrogens is 321 g/mol. The molecule has 2 aromatic rings. The van der Waals surface area contributed by atoms with Crippen molar-refractivity contribution in [2.75, 3.05) is 5.32 Å². The molecule has 0 fully saturated rings. The molecule has 3 nitrogen and oxygen atoms in total. The van der Waals surface area contributed by atoms with Crippen molar-refractivity contribution in [3.63, 3.8) is 0 Å². The van der Waals surface area contributed by atoms with E-state index in [-0.39, 0.29) is 5.91 Å². The van der Waals surface area contributed by atoms with Gasteiger partial charge in [-0.15, -0.1) is 0 Å².